The minimum Gasteiger partial charge on any atom is -0.396 e. The zero-order valence-corrected chi connectivity index (χ0v) is 10.1. The Balaban J connectivity index is 3.64. The number of carbonyl (C=O) groups is 1. The number of aliphatic hydroxyl groups excluding tert-OH is 1. The Morgan fingerprint density at radius 1 is 1.50 bits per heavy atom. The van der Waals surface area contributed by atoms with Gasteiger partial charge < -0.3 is 10.4 Å². The number of rotatable bonds is 7. The van der Waals surface area contributed by atoms with Crippen molar-refractivity contribution >= 4 is 17.7 Å². The van der Waals surface area contributed by atoms with Gasteiger partial charge in [-0.3, -0.25) is 4.79 Å². The van der Waals surface area contributed by atoms with Crippen LogP contribution in [0.25, 0.3) is 0 Å². The van der Waals surface area contributed by atoms with Gasteiger partial charge in [-0.1, -0.05) is 6.92 Å². The van der Waals surface area contributed by atoms with Crippen molar-refractivity contribution in [2.24, 2.45) is 0 Å². The Morgan fingerprint density at radius 2 is 2.14 bits per heavy atom. The molecule has 0 heterocycles. The van der Waals surface area contributed by atoms with Gasteiger partial charge in [0.15, 0.2) is 0 Å². The summed E-state index contributed by atoms with van der Waals surface area (Å²) in [6.07, 6.45) is 1.71. The number of hydrogen-bond donors (Lipinski definition) is 2. The molecule has 0 rings (SSSR count). The number of nitrogens with one attached hydrogen (secondary N) is 1. The average molecular weight is 219 g/mol. The highest BCUT2D eigenvalue weighted by Gasteiger charge is 2.14. The molecular weight excluding hydrogens is 198 g/mol. The van der Waals surface area contributed by atoms with Crippen LogP contribution in [0.2, 0.25) is 0 Å². The molecular formula is C10H21NO2S. The van der Waals surface area contributed by atoms with Crippen LogP contribution in [0.4, 0.5) is 0 Å². The first-order chi connectivity index (χ1) is 6.61. The van der Waals surface area contributed by atoms with E-state index in [1.165, 1.54) is 0 Å². The molecule has 2 N–H and O–H groups in total. The fourth-order valence-electron chi connectivity index (χ4n) is 0.863. The zero-order chi connectivity index (χ0) is 11.0. The van der Waals surface area contributed by atoms with Gasteiger partial charge in [0, 0.05) is 12.6 Å². The molecule has 84 valence electrons. The van der Waals surface area contributed by atoms with Crippen molar-refractivity contribution in [3.8, 4) is 0 Å². The van der Waals surface area contributed by atoms with Crippen molar-refractivity contribution in [3.63, 3.8) is 0 Å². The number of aliphatic hydroxyl groups is 1. The number of amides is 1. The van der Waals surface area contributed by atoms with Crippen LogP contribution in [0.15, 0.2) is 0 Å². The molecule has 0 aromatic rings. The van der Waals surface area contributed by atoms with Gasteiger partial charge in [-0.05, 0) is 32.4 Å². The van der Waals surface area contributed by atoms with E-state index in [1.54, 1.807) is 11.8 Å². The topological polar surface area (TPSA) is 49.3 Å². The summed E-state index contributed by atoms with van der Waals surface area (Å²) in [6.45, 7) is 6.16. The lowest BCUT2D eigenvalue weighted by Crippen LogP contribution is -2.37. The molecule has 1 amide bonds. The van der Waals surface area contributed by atoms with E-state index in [0.29, 0.717) is 0 Å². The van der Waals surface area contributed by atoms with Gasteiger partial charge in [0.05, 0.1) is 5.25 Å². The maximum absolute atomic E-state index is 11.5. The first-order valence-corrected chi connectivity index (χ1v) is 6.19. The van der Waals surface area contributed by atoms with Gasteiger partial charge in [0.2, 0.25) is 5.91 Å². The summed E-state index contributed by atoms with van der Waals surface area (Å²) in [5.74, 6) is 0.938. The number of thioether (sulfide) groups is 1. The summed E-state index contributed by atoms with van der Waals surface area (Å²) in [5, 5.41) is 11.5. The zero-order valence-electron chi connectivity index (χ0n) is 9.25. The molecule has 4 heteroatoms. The lowest BCUT2D eigenvalue weighted by molar-refractivity contribution is -0.120. The van der Waals surface area contributed by atoms with Crippen LogP contribution in [0.3, 0.4) is 0 Å². The van der Waals surface area contributed by atoms with Crippen LogP contribution in [-0.2, 0) is 4.79 Å². The van der Waals surface area contributed by atoms with Crippen LogP contribution in [0.1, 0.15) is 33.6 Å². The third kappa shape index (κ3) is 6.27. The van der Waals surface area contributed by atoms with E-state index in [2.05, 4.69) is 12.2 Å². The highest BCUT2D eigenvalue weighted by Crippen LogP contribution is 2.11. The third-order valence-electron chi connectivity index (χ3n) is 2.04. The highest BCUT2D eigenvalue weighted by atomic mass is 32.2. The first-order valence-electron chi connectivity index (χ1n) is 5.14. The summed E-state index contributed by atoms with van der Waals surface area (Å²) in [7, 11) is 0. The van der Waals surface area contributed by atoms with E-state index in [-0.39, 0.29) is 23.8 Å². The number of hydrogen-bond acceptors (Lipinski definition) is 3. The third-order valence-corrected chi connectivity index (χ3v) is 3.28. The Bertz CT molecular complexity index is 164. The van der Waals surface area contributed by atoms with Crippen LogP contribution >= 0.6 is 11.8 Å². The Labute approximate surface area is 90.7 Å². The van der Waals surface area contributed by atoms with Crippen LogP contribution in [0, 0.1) is 0 Å². The van der Waals surface area contributed by atoms with Gasteiger partial charge >= 0.3 is 0 Å². The minimum absolute atomic E-state index is 0.0180. The fourth-order valence-corrected chi connectivity index (χ4v) is 1.73. The quantitative estimate of drug-likeness (QED) is 0.636. The maximum atomic E-state index is 11.5. The molecule has 0 aromatic heterocycles. The molecule has 0 bridgehead atoms. The summed E-state index contributed by atoms with van der Waals surface area (Å²) in [6, 6.07) is 0.253. The van der Waals surface area contributed by atoms with E-state index < -0.39 is 0 Å². The normalized spacial score (nSPS) is 14.9. The van der Waals surface area contributed by atoms with Crippen molar-refractivity contribution in [2.45, 2.75) is 44.9 Å². The smallest absolute Gasteiger partial charge is 0.233 e. The molecule has 0 fully saturated rings. The van der Waals surface area contributed by atoms with E-state index in [9.17, 15) is 4.79 Å². The number of carbonyl (C=O) groups excluding carboxylic acids is 1. The average Bonchev–Trinajstić information content (AvgIpc) is 2.17. The predicted molar refractivity (Wildman–Crippen MR) is 61.5 cm³/mol. The van der Waals surface area contributed by atoms with Crippen molar-refractivity contribution in [1.29, 1.82) is 0 Å². The Kier molecular flexibility index (Phi) is 7.99. The predicted octanol–water partition coefficient (Wildman–Crippen LogP) is 1.41. The molecule has 14 heavy (non-hydrogen) atoms. The molecule has 2 unspecified atom stereocenters. The Morgan fingerprint density at radius 3 is 2.64 bits per heavy atom. The first kappa shape index (κ1) is 13.8. The standard InChI is InChI=1S/C10H21NO2S/c1-4-8(2)11-10(13)9(3)14-7-5-6-12/h8-9,12H,4-7H2,1-3H3,(H,11,13). The lowest BCUT2D eigenvalue weighted by atomic mass is 10.2. The largest absolute Gasteiger partial charge is 0.396 e. The second kappa shape index (κ2) is 8.12. The van der Waals surface area contributed by atoms with Crippen molar-refractivity contribution in [1.82, 2.24) is 5.32 Å². The van der Waals surface area contributed by atoms with Gasteiger partial charge in [-0.15, -0.1) is 11.8 Å². The van der Waals surface area contributed by atoms with Gasteiger partial charge in [0.1, 0.15) is 0 Å². The molecule has 0 saturated heterocycles. The summed E-state index contributed by atoms with van der Waals surface area (Å²) < 4.78 is 0. The van der Waals surface area contributed by atoms with E-state index in [1.807, 2.05) is 13.8 Å². The van der Waals surface area contributed by atoms with Crippen molar-refractivity contribution in [3.05, 3.63) is 0 Å². The van der Waals surface area contributed by atoms with Crippen molar-refractivity contribution in [2.75, 3.05) is 12.4 Å². The van der Waals surface area contributed by atoms with E-state index in [0.717, 1.165) is 18.6 Å². The second-order valence-corrected chi connectivity index (χ2v) is 4.86. The Hall–Kier alpha value is -0.220. The minimum atomic E-state index is -0.0180. The summed E-state index contributed by atoms with van der Waals surface area (Å²) in [4.78, 5) is 11.5. The SMILES string of the molecule is CCC(C)NC(=O)C(C)SCCCO. The fraction of sp³-hybridized carbons (Fsp3) is 0.900. The second-order valence-electron chi connectivity index (χ2n) is 3.41. The van der Waals surface area contributed by atoms with Crippen LogP contribution in [-0.4, -0.2) is 34.7 Å². The van der Waals surface area contributed by atoms with Gasteiger partial charge in [-0.25, -0.2) is 0 Å². The molecule has 0 saturated carbocycles. The highest BCUT2D eigenvalue weighted by molar-refractivity contribution is 8.00. The van der Waals surface area contributed by atoms with Crippen LogP contribution in [0.5, 0.6) is 0 Å². The monoisotopic (exact) mass is 219 g/mol. The molecule has 2 atom stereocenters. The molecule has 3 nitrogen and oxygen atoms in total. The lowest BCUT2D eigenvalue weighted by Gasteiger charge is -2.15. The summed E-state index contributed by atoms with van der Waals surface area (Å²) in [5.41, 5.74) is 0. The summed E-state index contributed by atoms with van der Waals surface area (Å²) >= 11 is 1.59. The van der Waals surface area contributed by atoms with E-state index >= 15 is 0 Å². The molecule has 0 aromatic carbocycles. The molecule has 0 radical (unpaired) electrons. The molecule has 0 aliphatic rings. The molecule has 0 aliphatic heterocycles. The van der Waals surface area contributed by atoms with Gasteiger partial charge in [0.25, 0.3) is 0 Å². The van der Waals surface area contributed by atoms with E-state index in [4.69, 9.17) is 5.11 Å². The van der Waals surface area contributed by atoms with Crippen LogP contribution < -0.4 is 5.32 Å². The molecule has 0 aliphatic carbocycles. The van der Waals surface area contributed by atoms with Gasteiger partial charge in [-0.2, -0.15) is 0 Å². The maximum Gasteiger partial charge on any atom is 0.233 e. The molecule has 0 spiro atoms. The van der Waals surface area contributed by atoms with Crippen molar-refractivity contribution < 1.29 is 9.90 Å².